The summed E-state index contributed by atoms with van der Waals surface area (Å²) in [6, 6.07) is 30.0. The van der Waals surface area contributed by atoms with E-state index in [1.807, 2.05) is 0 Å². The zero-order valence-corrected chi connectivity index (χ0v) is 31.4. The summed E-state index contributed by atoms with van der Waals surface area (Å²) in [5, 5.41) is 1.39. The first-order chi connectivity index (χ1) is 26.7. The maximum Gasteiger partial charge on any atom is 0.0537 e. The van der Waals surface area contributed by atoms with Crippen LogP contribution in [0.1, 0.15) is 85.7 Å². The fourth-order valence-corrected chi connectivity index (χ4v) is 11.9. The van der Waals surface area contributed by atoms with Crippen molar-refractivity contribution in [1.82, 2.24) is 9.47 Å². The number of benzene rings is 3. The Balaban J connectivity index is 1.03. The highest BCUT2D eigenvalue weighted by atomic mass is 15.2. The molecule has 7 aliphatic carbocycles. The first-order valence-electron chi connectivity index (χ1n) is 20.8. The second-order valence-corrected chi connectivity index (χ2v) is 17.1. The molecule has 0 saturated heterocycles. The molecule has 1 spiro atoms. The molecule has 54 heavy (non-hydrogen) atoms. The van der Waals surface area contributed by atoms with Crippen LogP contribution in [0.3, 0.4) is 0 Å². The molecule has 4 aromatic rings. The van der Waals surface area contributed by atoms with Crippen molar-refractivity contribution in [2.24, 2.45) is 17.8 Å². The molecule has 2 nitrogen and oxygen atoms in total. The van der Waals surface area contributed by atoms with Crippen LogP contribution in [-0.2, 0) is 11.8 Å². The molecule has 2 bridgehead atoms. The third-order valence-electron chi connectivity index (χ3n) is 14.1. The van der Waals surface area contributed by atoms with Crippen LogP contribution >= 0.6 is 0 Å². The Morgan fingerprint density at radius 1 is 0.759 bits per heavy atom. The van der Waals surface area contributed by atoms with Gasteiger partial charge >= 0.3 is 0 Å². The summed E-state index contributed by atoms with van der Waals surface area (Å²) in [6.45, 7) is 2.46. The van der Waals surface area contributed by atoms with Crippen molar-refractivity contribution >= 4 is 28.2 Å². The molecule has 7 atom stereocenters. The van der Waals surface area contributed by atoms with Crippen LogP contribution < -0.4 is 0 Å². The molecule has 7 aliphatic rings. The number of aromatic nitrogens is 1. The minimum atomic E-state index is 0.0984. The van der Waals surface area contributed by atoms with Crippen LogP contribution in [0.4, 0.5) is 0 Å². The van der Waals surface area contributed by atoms with Gasteiger partial charge in [0.2, 0.25) is 0 Å². The van der Waals surface area contributed by atoms with Crippen LogP contribution in [-0.4, -0.2) is 21.6 Å². The van der Waals surface area contributed by atoms with E-state index >= 15 is 0 Å². The number of hydrogen-bond donors (Lipinski definition) is 0. The SMILES string of the molecule is CC1C=C2CC(CCC23c2ccccc2C2C=CC(N(C4C=CC(c5ccccc5)=CC4)C4C=Cc5c(c6ccccc6n5C5=CCCC=C5)C4)=CC23)C1. The number of allylic oxidation sites excluding steroid dienone is 11. The van der Waals surface area contributed by atoms with Crippen molar-refractivity contribution in [3.8, 4) is 0 Å². The van der Waals surface area contributed by atoms with Gasteiger partial charge in [0.1, 0.15) is 0 Å². The van der Waals surface area contributed by atoms with E-state index in [1.54, 1.807) is 16.7 Å². The Bertz CT molecular complexity index is 2400. The quantitative estimate of drug-likeness (QED) is 0.188. The van der Waals surface area contributed by atoms with Gasteiger partial charge in [-0.1, -0.05) is 140 Å². The molecular weight excluding hydrogens is 653 g/mol. The monoisotopic (exact) mass is 702 g/mol. The summed E-state index contributed by atoms with van der Waals surface area (Å²) in [5.41, 5.74) is 14.5. The van der Waals surface area contributed by atoms with E-state index < -0.39 is 0 Å². The number of nitrogens with zero attached hydrogens (tertiary/aromatic N) is 2. The van der Waals surface area contributed by atoms with Crippen LogP contribution in [0.25, 0.3) is 28.2 Å². The standard InChI is InChI=1S/C52H50N2/c1-35-30-36-28-29-52(39(31-35)32-36)48-18-10-8-16-44(48)45-26-24-43(34-49(45)52)53(41-22-20-38(21-23-41)37-12-4-2-5-13-37)42-25-27-51-47(33-42)46-17-9-11-19-50(46)54(51)40-14-6-3-7-15-40/h2,4-6,8-22,24-27,31,34-36,41-42,45,49H,3,7,23,28-30,32-33H2,1H3. The lowest BCUT2D eigenvalue weighted by Gasteiger charge is -2.49. The Labute approximate surface area is 321 Å². The van der Waals surface area contributed by atoms with Gasteiger partial charge in [0, 0.05) is 39.7 Å². The Hall–Kier alpha value is -5.08. The molecule has 0 aliphatic heterocycles. The van der Waals surface area contributed by atoms with Crippen molar-refractivity contribution in [2.75, 3.05) is 0 Å². The smallest absolute Gasteiger partial charge is 0.0537 e. The summed E-state index contributed by atoms with van der Waals surface area (Å²) < 4.78 is 2.52. The average molecular weight is 703 g/mol. The van der Waals surface area contributed by atoms with Crippen molar-refractivity contribution in [2.45, 2.75) is 81.7 Å². The molecule has 1 saturated carbocycles. The summed E-state index contributed by atoms with van der Waals surface area (Å²) >= 11 is 0. The molecule has 0 amide bonds. The lowest BCUT2D eigenvalue weighted by Crippen LogP contribution is -2.45. The van der Waals surface area contributed by atoms with Crippen LogP contribution in [0.5, 0.6) is 0 Å². The normalized spacial score (nSPS) is 30.3. The van der Waals surface area contributed by atoms with Gasteiger partial charge in [-0.2, -0.15) is 0 Å². The first kappa shape index (κ1) is 32.4. The van der Waals surface area contributed by atoms with Crippen molar-refractivity contribution in [3.63, 3.8) is 0 Å². The third-order valence-corrected chi connectivity index (χ3v) is 14.1. The van der Waals surface area contributed by atoms with Gasteiger partial charge in [0.05, 0.1) is 17.6 Å². The van der Waals surface area contributed by atoms with Crippen molar-refractivity contribution in [1.29, 1.82) is 0 Å². The predicted molar refractivity (Wildman–Crippen MR) is 226 cm³/mol. The van der Waals surface area contributed by atoms with Crippen LogP contribution in [0, 0.1) is 17.8 Å². The van der Waals surface area contributed by atoms with Gasteiger partial charge in [-0.25, -0.2) is 0 Å². The van der Waals surface area contributed by atoms with Gasteiger partial charge in [0.25, 0.3) is 0 Å². The van der Waals surface area contributed by atoms with E-state index in [2.05, 4.69) is 168 Å². The Morgan fingerprint density at radius 2 is 1.61 bits per heavy atom. The zero-order valence-electron chi connectivity index (χ0n) is 31.4. The molecule has 2 heteroatoms. The molecule has 11 rings (SSSR count). The Kier molecular flexibility index (Phi) is 7.65. The molecule has 7 unspecified atom stereocenters. The summed E-state index contributed by atoms with van der Waals surface area (Å²) in [6.07, 6.45) is 39.5. The second-order valence-electron chi connectivity index (χ2n) is 17.1. The summed E-state index contributed by atoms with van der Waals surface area (Å²) in [5.74, 6) is 2.38. The van der Waals surface area contributed by atoms with Gasteiger partial charge in [-0.3, -0.25) is 0 Å². The highest BCUT2D eigenvalue weighted by Gasteiger charge is 2.55. The summed E-state index contributed by atoms with van der Waals surface area (Å²) in [4.78, 5) is 2.81. The third kappa shape index (κ3) is 4.98. The molecule has 3 aromatic carbocycles. The van der Waals surface area contributed by atoms with Gasteiger partial charge in [-0.05, 0) is 115 Å². The maximum atomic E-state index is 2.81. The topological polar surface area (TPSA) is 8.17 Å². The summed E-state index contributed by atoms with van der Waals surface area (Å²) in [7, 11) is 0. The number of fused-ring (bicyclic) bond motifs is 11. The fraction of sp³-hybridized carbons (Fsp3) is 0.308. The first-order valence-corrected chi connectivity index (χ1v) is 20.8. The van der Waals surface area contributed by atoms with Gasteiger partial charge in [0.15, 0.2) is 0 Å². The fourth-order valence-electron chi connectivity index (χ4n) is 11.9. The van der Waals surface area contributed by atoms with E-state index in [4.69, 9.17) is 0 Å². The maximum absolute atomic E-state index is 2.81. The van der Waals surface area contributed by atoms with Crippen LogP contribution in [0.15, 0.2) is 157 Å². The highest BCUT2D eigenvalue weighted by molar-refractivity contribution is 5.93. The van der Waals surface area contributed by atoms with Crippen molar-refractivity contribution in [3.05, 3.63) is 185 Å². The highest BCUT2D eigenvalue weighted by Crippen LogP contribution is 2.63. The zero-order chi connectivity index (χ0) is 35.8. The minimum absolute atomic E-state index is 0.0984. The van der Waals surface area contributed by atoms with E-state index in [1.165, 1.54) is 70.4 Å². The molecule has 0 radical (unpaired) electrons. The van der Waals surface area contributed by atoms with Gasteiger partial charge < -0.3 is 9.47 Å². The number of para-hydroxylation sites is 1. The largest absolute Gasteiger partial charge is 0.358 e. The Morgan fingerprint density at radius 3 is 2.48 bits per heavy atom. The average Bonchev–Trinajstić information content (AvgIpc) is 3.70. The van der Waals surface area contributed by atoms with E-state index in [9.17, 15) is 0 Å². The molecule has 268 valence electrons. The van der Waals surface area contributed by atoms with Crippen LogP contribution in [0.2, 0.25) is 0 Å². The number of rotatable bonds is 5. The predicted octanol–water partition coefficient (Wildman–Crippen LogP) is 12.4. The van der Waals surface area contributed by atoms with Crippen molar-refractivity contribution < 1.29 is 0 Å². The molecular formula is C52H50N2. The van der Waals surface area contributed by atoms with E-state index in [0.29, 0.717) is 17.8 Å². The minimum Gasteiger partial charge on any atom is -0.358 e. The lowest BCUT2D eigenvalue weighted by molar-refractivity contribution is 0.214. The van der Waals surface area contributed by atoms with Gasteiger partial charge in [-0.15, -0.1) is 0 Å². The molecule has 1 aromatic heterocycles. The van der Waals surface area contributed by atoms with E-state index in [0.717, 1.165) is 31.6 Å². The molecule has 1 fully saturated rings. The second kappa shape index (κ2) is 12.8. The molecule has 1 heterocycles. The number of hydrogen-bond acceptors (Lipinski definition) is 1. The molecule has 0 N–H and O–H groups in total. The van der Waals surface area contributed by atoms with E-state index in [-0.39, 0.29) is 17.5 Å². The lowest BCUT2D eigenvalue weighted by atomic mass is 9.55.